The average molecular weight is 198 g/mol. The lowest BCUT2D eigenvalue weighted by molar-refractivity contribution is -0.141. The lowest BCUT2D eigenvalue weighted by Gasteiger charge is -2.10. The molecule has 14 heavy (non-hydrogen) atoms. The molecular formula is C12H22O2. The zero-order valence-corrected chi connectivity index (χ0v) is 9.80. The molecule has 0 saturated heterocycles. The van der Waals surface area contributed by atoms with Crippen molar-refractivity contribution in [3.05, 3.63) is 12.2 Å². The van der Waals surface area contributed by atoms with Crippen molar-refractivity contribution in [1.82, 2.24) is 0 Å². The van der Waals surface area contributed by atoms with Crippen LogP contribution in [0, 0.1) is 5.41 Å². The molecule has 0 aromatic heterocycles. The highest BCUT2D eigenvalue weighted by atomic mass is 16.5. The zero-order valence-electron chi connectivity index (χ0n) is 9.80. The van der Waals surface area contributed by atoms with Gasteiger partial charge in [0.1, 0.15) is 0 Å². The topological polar surface area (TPSA) is 26.3 Å². The van der Waals surface area contributed by atoms with Crippen LogP contribution >= 0.6 is 0 Å². The Morgan fingerprint density at radius 3 is 2.43 bits per heavy atom. The van der Waals surface area contributed by atoms with Crippen LogP contribution in [0.2, 0.25) is 0 Å². The van der Waals surface area contributed by atoms with Gasteiger partial charge >= 0.3 is 5.97 Å². The Balaban J connectivity index is 3.30. The summed E-state index contributed by atoms with van der Waals surface area (Å²) in [5.74, 6) is -0.185. The van der Waals surface area contributed by atoms with E-state index in [1.807, 2.05) is 0 Å². The van der Waals surface area contributed by atoms with Crippen LogP contribution < -0.4 is 0 Å². The van der Waals surface area contributed by atoms with E-state index in [0.29, 0.717) is 6.61 Å². The van der Waals surface area contributed by atoms with Gasteiger partial charge in [0.2, 0.25) is 0 Å². The van der Waals surface area contributed by atoms with Crippen LogP contribution in [0.25, 0.3) is 0 Å². The maximum atomic E-state index is 10.4. The van der Waals surface area contributed by atoms with Gasteiger partial charge in [-0.05, 0) is 24.7 Å². The summed E-state index contributed by atoms with van der Waals surface area (Å²) in [4.78, 5) is 10.4. The first-order valence-electron chi connectivity index (χ1n) is 5.23. The Bertz CT molecular complexity index is 187. The van der Waals surface area contributed by atoms with Crippen molar-refractivity contribution in [3.8, 4) is 0 Å². The summed E-state index contributed by atoms with van der Waals surface area (Å²) < 4.78 is 4.83. The smallest absolute Gasteiger partial charge is 0.302 e. The van der Waals surface area contributed by atoms with Gasteiger partial charge in [-0.2, -0.15) is 0 Å². The van der Waals surface area contributed by atoms with E-state index in [9.17, 15) is 4.79 Å². The Morgan fingerprint density at radius 2 is 1.93 bits per heavy atom. The quantitative estimate of drug-likeness (QED) is 0.385. The van der Waals surface area contributed by atoms with Crippen molar-refractivity contribution in [3.63, 3.8) is 0 Å². The third-order valence-corrected chi connectivity index (χ3v) is 1.69. The number of carbonyl (C=O) groups is 1. The van der Waals surface area contributed by atoms with Crippen molar-refractivity contribution in [1.29, 1.82) is 0 Å². The summed E-state index contributed by atoms with van der Waals surface area (Å²) in [5, 5.41) is 0. The number of esters is 1. The average Bonchev–Trinajstić information content (AvgIpc) is 2.00. The fourth-order valence-electron chi connectivity index (χ4n) is 1.02. The summed E-state index contributed by atoms with van der Waals surface area (Å²) in [6, 6.07) is 0. The van der Waals surface area contributed by atoms with Gasteiger partial charge in [0.05, 0.1) is 6.61 Å². The van der Waals surface area contributed by atoms with Gasteiger partial charge in [-0.15, -0.1) is 0 Å². The van der Waals surface area contributed by atoms with Gasteiger partial charge in [-0.25, -0.2) is 0 Å². The molecule has 82 valence electrons. The molecule has 0 atom stereocenters. The second kappa shape index (κ2) is 6.63. The van der Waals surface area contributed by atoms with Crippen molar-refractivity contribution < 1.29 is 9.53 Å². The second-order valence-corrected chi connectivity index (χ2v) is 4.60. The molecule has 0 spiro atoms. The van der Waals surface area contributed by atoms with Crippen LogP contribution in [0.15, 0.2) is 12.2 Å². The van der Waals surface area contributed by atoms with E-state index in [-0.39, 0.29) is 11.4 Å². The Hall–Kier alpha value is -0.790. The Labute approximate surface area is 87.3 Å². The highest BCUT2D eigenvalue weighted by Crippen LogP contribution is 2.15. The summed E-state index contributed by atoms with van der Waals surface area (Å²) >= 11 is 0. The molecule has 0 aliphatic heterocycles. The normalized spacial score (nSPS) is 12.0. The number of ether oxygens (including phenoxy) is 1. The van der Waals surface area contributed by atoms with Gasteiger partial charge in [0.25, 0.3) is 0 Å². The molecule has 0 amide bonds. The molecule has 0 aromatic rings. The molecule has 0 saturated carbocycles. The van der Waals surface area contributed by atoms with E-state index in [0.717, 1.165) is 19.3 Å². The fourth-order valence-corrected chi connectivity index (χ4v) is 1.02. The van der Waals surface area contributed by atoms with Crippen LogP contribution in [-0.2, 0) is 9.53 Å². The molecule has 0 aromatic carbocycles. The summed E-state index contributed by atoms with van der Waals surface area (Å²) in [6.07, 6.45) is 7.53. The molecule has 0 heterocycles. The van der Waals surface area contributed by atoms with Crippen LogP contribution in [0.1, 0.15) is 47.0 Å². The van der Waals surface area contributed by atoms with Crippen LogP contribution in [0.5, 0.6) is 0 Å². The monoisotopic (exact) mass is 198 g/mol. The van der Waals surface area contributed by atoms with Gasteiger partial charge in [-0.3, -0.25) is 4.79 Å². The van der Waals surface area contributed by atoms with E-state index in [1.54, 1.807) is 0 Å². The number of carbonyl (C=O) groups excluding carboxylic acids is 1. The first-order valence-corrected chi connectivity index (χ1v) is 5.23. The number of rotatable bonds is 5. The van der Waals surface area contributed by atoms with E-state index in [4.69, 9.17) is 4.74 Å². The van der Waals surface area contributed by atoms with Crippen molar-refractivity contribution >= 4 is 5.97 Å². The highest BCUT2D eigenvalue weighted by molar-refractivity contribution is 5.65. The second-order valence-electron chi connectivity index (χ2n) is 4.60. The van der Waals surface area contributed by atoms with Gasteiger partial charge < -0.3 is 4.74 Å². The van der Waals surface area contributed by atoms with Crippen molar-refractivity contribution in [2.45, 2.75) is 47.0 Å². The maximum absolute atomic E-state index is 10.4. The van der Waals surface area contributed by atoms with Gasteiger partial charge in [0, 0.05) is 6.92 Å². The lowest BCUT2D eigenvalue weighted by atomic mass is 9.96. The molecule has 0 aliphatic carbocycles. The number of unbranched alkanes of at least 4 members (excludes halogenated alkanes) is 2. The van der Waals surface area contributed by atoms with Crippen molar-refractivity contribution in [2.75, 3.05) is 6.61 Å². The number of hydrogen-bond acceptors (Lipinski definition) is 2. The first-order chi connectivity index (χ1) is 6.42. The first kappa shape index (κ1) is 13.2. The molecular weight excluding hydrogens is 176 g/mol. The SMILES string of the molecule is CC(=O)OCCCC/C=C/C(C)(C)C. The number of allylic oxidation sites excluding steroid dienone is 2. The summed E-state index contributed by atoms with van der Waals surface area (Å²) in [5.41, 5.74) is 0.274. The Morgan fingerprint density at radius 1 is 1.29 bits per heavy atom. The molecule has 0 unspecified atom stereocenters. The molecule has 0 N–H and O–H groups in total. The lowest BCUT2D eigenvalue weighted by Crippen LogP contribution is -2.00. The molecule has 0 radical (unpaired) electrons. The van der Waals surface area contributed by atoms with E-state index >= 15 is 0 Å². The molecule has 0 bridgehead atoms. The predicted octanol–water partition coefficient (Wildman–Crippen LogP) is 3.32. The molecule has 2 heteroatoms. The third-order valence-electron chi connectivity index (χ3n) is 1.69. The van der Waals surface area contributed by atoms with Crippen LogP contribution in [0.4, 0.5) is 0 Å². The van der Waals surface area contributed by atoms with E-state index in [2.05, 4.69) is 32.9 Å². The van der Waals surface area contributed by atoms with E-state index in [1.165, 1.54) is 6.92 Å². The maximum Gasteiger partial charge on any atom is 0.302 e. The molecule has 0 rings (SSSR count). The van der Waals surface area contributed by atoms with Gasteiger partial charge in [-0.1, -0.05) is 32.9 Å². The van der Waals surface area contributed by atoms with E-state index < -0.39 is 0 Å². The molecule has 0 fully saturated rings. The minimum absolute atomic E-state index is 0.185. The van der Waals surface area contributed by atoms with Crippen LogP contribution in [0.3, 0.4) is 0 Å². The molecule has 0 aliphatic rings. The fraction of sp³-hybridized carbons (Fsp3) is 0.750. The minimum atomic E-state index is -0.185. The predicted molar refractivity (Wildman–Crippen MR) is 59.1 cm³/mol. The summed E-state index contributed by atoms with van der Waals surface area (Å²) in [6.45, 7) is 8.55. The minimum Gasteiger partial charge on any atom is -0.466 e. The van der Waals surface area contributed by atoms with Crippen molar-refractivity contribution in [2.24, 2.45) is 5.41 Å². The standard InChI is InChI=1S/C12H22O2/c1-11(13)14-10-8-6-5-7-9-12(2,3)4/h7,9H,5-6,8,10H2,1-4H3/b9-7+. The largest absolute Gasteiger partial charge is 0.466 e. The van der Waals surface area contributed by atoms with Crippen LogP contribution in [-0.4, -0.2) is 12.6 Å². The van der Waals surface area contributed by atoms with Gasteiger partial charge in [0.15, 0.2) is 0 Å². The highest BCUT2D eigenvalue weighted by Gasteiger charge is 2.02. The summed E-state index contributed by atoms with van der Waals surface area (Å²) in [7, 11) is 0. The third kappa shape index (κ3) is 11.2. The molecule has 2 nitrogen and oxygen atoms in total. The Kier molecular flexibility index (Phi) is 6.26. The number of hydrogen-bond donors (Lipinski definition) is 0. The zero-order chi connectivity index (χ0) is 11.0.